The Kier molecular flexibility index (Phi) is 7.05. The SMILES string of the molecule is COC(=O)COc1ccc(/C=C2/SC(=O)N([C@@H](C)C(=O)OC)C2=O)cc1OC. The number of carbonyl (C=O) groups is 4. The van der Waals surface area contributed by atoms with Crippen LogP contribution in [0.15, 0.2) is 23.1 Å². The van der Waals surface area contributed by atoms with Crippen LogP contribution >= 0.6 is 11.8 Å². The summed E-state index contributed by atoms with van der Waals surface area (Å²) in [5.74, 6) is -1.16. The van der Waals surface area contributed by atoms with Crippen LogP contribution < -0.4 is 9.47 Å². The number of amides is 2. The maximum Gasteiger partial charge on any atom is 0.343 e. The average Bonchev–Trinajstić information content (AvgIpc) is 2.98. The van der Waals surface area contributed by atoms with Crippen molar-refractivity contribution in [3.8, 4) is 11.5 Å². The molecule has 1 aromatic carbocycles. The molecule has 10 heteroatoms. The molecule has 1 aliphatic heterocycles. The van der Waals surface area contributed by atoms with Crippen LogP contribution in [0.4, 0.5) is 4.79 Å². The molecular formula is C18H19NO8S. The fourth-order valence-electron chi connectivity index (χ4n) is 2.33. The van der Waals surface area contributed by atoms with E-state index in [0.717, 1.165) is 16.7 Å². The van der Waals surface area contributed by atoms with Crippen molar-refractivity contribution in [1.82, 2.24) is 4.90 Å². The Morgan fingerprint density at radius 2 is 1.86 bits per heavy atom. The van der Waals surface area contributed by atoms with Gasteiger partial charge in [-0.3, -0.25) is 14.5 Å². The number of esters is 2. The van der Waals surface area contributed by atoms with Gasteiger partial charge in [0, 0.05) is 0 Å². The molecule has 150 valence electrons. The Morgan fingerprint density at radius 3 is 2.46 bits per heavy atom. The van der Waals surface area contributed by atoms with Crippen molar-refractivity contribution < 1.29 is 38.1 Å². The maximum absolute atomic E-state index is 12.5. The number of rotatable bonds is 7. The normalized spacial score (nSPS) is 16.1. The smallest absolute Gasteiger partial charge is 0.343 e. The monoisotopic (exact) mass is 409 g/mol. The van der Waals surface area contributed by atoms with Crippen molar-refractivity contribution in [3.63, 3.8) is 0 Å². The Labute approximate surface area is 165 Å². The molecule has 1 aromatic rings. The highest BCUT2D eigenvalue weighted by atomic mass is 32.2. The van der Waals surface area contributed by atoms with Crippen molar-refractivity contribution in [3.05, 3.63) is 28.7 Å². The Hall–Kier alpha value is -3.01. The van der Waals surface area contributed by atoms with Gasteiger partial charge in [-0.2, -0.15) is 0 Å². The number of nitrogens with zero attached hydrogens (tertiary/aromatic N) is 1. The van der Waals surface area contributed by atoms with E-state index in [-0.39, 0.29) is 11.5 Å². The predicted molar refractivity (Wildman–Crippen MR) is 99.8 cm³/mol. The van der Waals surface area contributed by atoms with Crippen LogP contribution in [-0.2, 0) is 23.9 Å². The summed E-state index contributed by atoms with van der Waals surface area (Å²) in [6.45, 7) is 1.14. The van der Waals surface area contributed by atoms with Crippen LogP contribution in [0, 0.1) is 0 Å². The highest BCUT2D eigenvalue weighted by molar-refractivity contribution is 8.18. The number of hydrogen-bond acceptors (Lipinski definition) is 9. The Balaban J connectivity index is 2.23. The van der Waals surface area contributed by atoms with E-state index in [0.29, 0.717) is 17.1 Å². The topological polar surface area (TPSA) is 108 Å². The highest BCUT2D eigenvalue weighted by Gasteiger charge is 2.41. The van der Waals surface area contributed by atoms with E-state index < -0.39 is 29.1 Å². The van der Waals surface area contributed by atoms with E-state index in [1.54, 1.807) is 18.2 Å². The fourth-order valence-corrected chi connectivity index (χ4v) is 3.24. The minimum Gasteiger partial charge on any atom is -0.493 e. The molecule has 1 heterocycles. The second kappa shape index (κ2) is 9.27. The zero-order chi connectivity index (χ0) is 20.8. The van der Waals surface area contributed by atoms with Gasteiger partial charge in [0.15, 0.2) is 18.1 Å². The van der Waals surface area contributed by atoms with Crippen molar-refractivity contribution in [2.75, 3.05) is 27.9 Å². The first-order valence-corrected chi connectivity index (χ1v) is 8.86. The highest BCUT2D eigenvalue weighted by Crippen LogP contribution is 2.35. The molecule has 9 nitrogen and oxygen atoms in total. The summed E-state index contributed by atoms with van der Waals surface area (Å²) in [5, 5.41) is -0.556. The van der Waals surface area contributed by atoms with E-state index in [2.05, 4.69) is 9.47 Å². The minimum absolute atomic E-state index is 0.158. The lowest BCUT2D eigenvalue weighted by molar-refractivity contribution is -0.148. The lowest BCUT2D eigenvalue weighted by atomic mass is 10.1. The number of hydrogen-bond donors (Lipinski definition) is 0. The molecule has 2 amide bonds. The quantitative estimate of drug-likeness (QED) is 0.492. The zero-order valence-corrected chi connectivity index (χ0v) is 16.5. The van der Waals surface area contributed by atoms with Gasteiger partial charge in [-0.25, -0.2) is 9.59 Å². The van der Waals surface area contributed by atoms with Gasteiger partial charge in [-0.05, 0) is 42.5 Å². The summed E-state index contributed by atoms with van der Waals surface area (Å²) < 4.78 is 19.7. The standard InChI is InChI=1S/C18H19NO8S/c1-10(17(22)26-4)19-16(21)14(28-18(19)23)8-11-5-6-12(13(7-11)24-2)27-9-15(20)25-3/h5-8,10H,9H2,1-4H3/b14-8+/t10-/m0/s1. The molecule has 1 atom stereocenters. The zero-order valence-electron chi connectivity index (χ0n) is 15.7. The molecule has 0 radical (unpaired) electrons. The molecule has 28 heavy (non-hydrogen) atoms. The Morgan fingerprint density at radius 1 is 1.14 bits per heavy atom. The van der Waals surface area contributed by atoms with Gasteiger partial charge in [-0.1, -0.05) is 6.07 Å². The second-order valence-corrected chi connectivity index (χ2v) is 6.52. The van der Waals surface area contributed by atoms with Gasteiger partial charge in [0.2, 0.25) is 0 Å². The summed E-state index contributed by atoms with van der Waals surface area (Å²) in [5.41, 5.74) is 0.568. The third-order valence-electron chi connectivity index (χ3n) is 3.81. The van der Waals surface area contributed by atoms with Crippen LogP contribution in [0.25, 0.3) is 6.08 Å². The number of carbonyl (C=O) groups excluding carboxylic acids is 4. The molecule has 1 saturated heterocycles. The lowest BCUT2D eigenvalue weighted by Crippen LogP contribution is -2.42. The summed E-state index contributed by atoms with van der Waals surface area (Å²) in [7, 11) is 3.86. The van der Waals surface area contributed by atoms with Crippen LogP contribution in [0.5, 0.6) is 11.5 Å². The molecule has 1 fully saturated rings. The molecule has 0 aliphatic carbocycles. The van der Waals surface area contributed by atoms with E-state index in [4.69, 9.17) is 9.47 Å². The fraction of sp³-hybridized carbons (Fsp3) is 0.333. The Bertz CT molecular complexity index is 835. The predicted octanol–water partition coefficient (Wildman–Crippen LogP) is 1.84. The van der Waals surface area contributed by atoms with Gasteiger partial charge in [0.25, 0.3) is 11.1 Å². The molecule has 0 N–H and O–H groups in total. The van der Waals surface area contributed by atoms with E-state index in [1.165, 1.54) is 34.3 Å². The minimum atomic E-state index is -1.02. The first kappa shape index (κ1) is 21.3. The second-order valence-electron chi connectivity index (χ2n) is 5.53. The average molecular weight is 409 g/mol. The van der Waals surface area contributed by atoms with Crippen molar-refractivity contribution in [1.29, 1.82) is 0 Å². The van der Waals surface area contributed by atoms with Gasteiger partial charge < -0.3 is 18.9 Å². The molecular weight excluding hydrogens is 390 g/mol. The van der Waals surface area contributed by atoms with Gasteiger partial charge >= 0.3 is 11.9 Å². The summed E-state index contributed by atoms with van der Waals surface area (Å²) in [6.07, 6.45) is 1.50. The summed E-state index contributed by atoms with van der Waals surface area (Å²) >= 11 is 0.725. The largest absolute Gasteiger partial charge is 0.493 e. The van der Waals surface area contributed by atoms with E-state index >= 15 is 0 Å². The van der Waals surface area contributed by atoms with Gasteiger partial charge in [0.05, 0.1) is 26.2 Å². The van der Waals surface area contributed by atoms with E-state index in [9.17, 15) is 19.2 Å². The van der Waals surface area contributed by atoms with Gasteiger partial charge in [0.1, 0.15) is 6.04 Å². The maximum atomic E-state index is 12.5. The van der Waals surface area contributed by atoms with Crippen LogP contribution in [0.3, 0.4) is 0 Å². The first-order valence-electron chi connectivity index (χ1n) is 8.05. The van der Waals surface area contributed by atoms with Crippen molar-refractivity contribution in [2.45, 2.75) is 13.0 Å². The third-order valence-corrected chi connectivity index (χ3v) is 4.70. The van der Waals surface area contributed by atoms with Crippen LogP contribution in [-0.4, -0.2) is 62.0 Å². The number of methoxy groups -OCH3 is 3. The van der Waals surface area contributed by atoms with Crippen LogP contribution in [0.2, 0.25) is 0 Å². The summed E-state index contributed by atoms with van der Waals surface area (Å²) in [6, 6.07) is 3.76. The van der Waals surface area contributed by atoms with Crippen molar-refractivity contribution in [2.24, 2.45) is 0 Å². The third kappa shape index (κ3) is 4.63. The van der Waals surface area contributed by atoms with Crippen molar-refractivity contribution >= 4 is 40.9 Å². The lowest BCUT2D eigenvalue weighted by Gasteiger charge is -2.18. The molecule has 0 saturated carbocycles. The number of ether oxygens (including phenoxy) is 4. The molecule has 0 bridgehead atoms. The number of benzene rings is 1. The number of imide groups is 1. The molecule has 0 aromatic heterocycles. The molecule has 0 unspecified atom stereocenters. The van der Waals surface area contributed by atoms with E-state index in [1.807, 2.05) is 0 Å². The van der Waals surface area contributed by atoms with Crippen LogP contribution in [0.1, 0.15) is 12.5 Å². The van der Waals surface area contributed by atoms with Gasteiger partial charge in [-0.15, -0.1) is 0 Å². The summed E-state index contributed by atoms with van der Waals surface area (Å²) in [4.78, 5) is 48.5. The molecule has 1 aliphatic rings. The molecule has 0 spiro atoms. The molecule has 2 rings (SSSR count). The first-order chi connectivity index (χ1) is 13.3. The number of thioether (sulfide) groups is 1.